The number of allylic oxidation sites excluding steroid dienone is 1. The molecule has 0 aromatic rings. The van der Waals surface area contributed by atoms with Crippen LogP contribution in [0.4, 0.5) is 0 Å². The van der Waals surface area contributed by atoms with Crippen molar-refractivity contribution in [1.82, 2.24) is 0 Å². The van der Waals surface area contributed by atoms with Crippen molar-refractivity contribution in [2.45, 2.75) is 58.5 Å². The Labute approximate surface area is 93.4 Å². The molecule has 0 aliphatic carbocycles. The van der Waals surface area contributed by atoms with Crippen LogP contribution in [-0.2, 0) is 4.79 Å². The summed E-state index contributed by atoms with van der Waals surface area (Å²) in [6, 6.07) is 0. The van der Waals surface area contributed by atoms with Gasteiger partial charge in [-0.1, -0.05) is 52.0 Å². The Morgan fingerprint density at radius 2 is 2.00 bits per heavy atom. The Morgan fingerprint density at radius 3 is 2.53 bits per heavy atom. The number of hydrogen-bond acceptors (Lipinski definition) is 2. The van der Waals surface area contributed by atoms with Crippen LogP contribution >= 0.6 is 0 Å². The maximum atomic E-state index is 10.1. The molecule has 1 N–H and O–H groups in total. The highest BCUT2D eigenvalue weighted by Crippen LogP contribution is 2.19. The van der Waals surface area contributed by atoms with Crippen LogP contribution in [0.15, 0.2) is 12.2 Å². The van der Waals surface area contributed by atoms with Gasteiger partial charge in [-0.3, -0.25) is 4.79 Å². The number of carbonyl (C=O) groups excluding carboxylic acids is 1. The Bertz CT molecular complexity index is 175. The molecule has 0 bridgehead atoms. The standard InChI is InChI=1S/C13H24O2/c1-3-5-6-8-12(4-2)11-13(15)9-7-10-14/h7,9-10,12-13,15H,3-6,8,11H2,1-2H3/b9-7+. The lowest BCUT2D eigenvalue weighted by Gasteiger charge is -2.16. The van der Waals surface area contributed by atoms with Crippen LogP contribution < -0.4 is 0 Å². The summed E-state index contributed by atoms with van der Waals surface area (Å²) in [7, 11) is 0. The van der Waals surface area contributed by atoms with Crippen LogP contribution in [-0.4, -0.2) is 17.5 Å². The van der Waals surface area contributed by atoms with Gasteiger partial charge in [-0.05, 0) is 18.4 Å². The first-order chi connectivity index (χ1) is 7.24. The van der Waals surface area contributed by atoms with Crippen LogP contribution in [0.25, 0.3) is 0 Å². The van der Waals surface area contributed by atoms with E-state index in [0.29, 0.717) is 12.2 Å². The minimum Gasteiger partial charge on any atom is -0.389 e. The SMILES string of the molecule is CCCCCC(CC)CC(O)/C=C/C=O. The zero-order valence-corrected chi connectivity index (χ0v) is 9.98. The third-order valence-electron chi connectivity index (χ3n) is 2.78. The van der Waals surface area contributed by atoms with Gasteiger partial charge in [0, 0.05) is 0 Å². The summed E-state index contributed by atoms with van der Waals surface area (Å²) in [6.07, 6.45) is 10.1. The van der Waals surface area contributed by atoms with Crippen molar-refractivity contribution in [1.29, 1.82) is 0 Å². The van der Waals surface area contributed by atoms with E-state index in [2.05, 4.69) is 13.8 Å². The van der Waals surface area contributed by atoms with Gasteiger partial charge in [-0.25, -0.2) is 0 Å². The number of aldehydes is 1. The van der Waals surface area contributed by atoms with Crippen LogP contribution in [0, 0.1) is 5.92 Å². The van der Waals surface area contributed by atoms with Crippen molar-refractivity contribution >= 4 is 6.29 Å². The van der Waals surface area contributed by atoms with Gasteiger partial charge < -0.3 is 5.11 Å². The Kier molecular flexibility index (Phi) is 9.49. The normalized spacial score (nSPS) is 15.4. The predicted octanol–water partition coefficient (Wildman–Crippen LogP) is 3.10. The molecule has 0 heterocycles. The van der Waals surface area contributed by atoms with Gasteiger partial charge in [0.1, 0.15) is 6.29 Å². The molecular formula is C13H24O2. The molecule has 2 unspecified atom stereocenters. The number of hydrogen-bond donors (Lipinski definition) is 1. The van der Waals surface area contributed by atoms with Crippen LogP contribution in [0.3, 0.4) is 0 Å². The molecule has 0 aromatic carbocycles. The molecule has 0 aliphatic heterocycles. The van der Waals surface area contributed by atoms with E-state index in [-0.39, 0.29) is 0 Å². The summed E-state index contributed by atoms with van der Waals surface area (Å²) in [5.41, 5.74) is 0. The highest BCUT2D eigenvalue weighted by molar-refractivity contribution is 5.64. The summed E-state index contributed by atoms with van der Waals surface area (Å²) in [5.74, 6) is 0.586. The molecule has 2 nitrogen and oxygen atoms in total. The molecule has 2 atom stereocenters. The number of unbranched alkanes of at least 4 members (excludes halogenated alkanes) is 2. The van der Waals surface area contributed by atoms with E-state index in [4.69, 9.17) is 0 Å². The predicted molar refractivity (Wildman–Crippen MR) is 63.8 cm³/mol. The number of carbonyl (C=O) groups is 1. The van der Waals surface area contributed by atoms with Crippen molar-refractivity contribution in [2.24, 2.45) is 5.92 Å². The molecule has 0 saturated carbocycles. The lowest BCUT2D eigenvalue weighted by molar-refractivity contribution is -0.104. The Morgan fingerprint density at radius 1 is 1.27 bits per heavy atom. The summed E-state index contributed by atoms with van der Waals surface area (Å²) >= 11 is 0. The molecule has 0 aromatic heterocycles. The van der Waals surface area contributed by atoms with Gasteiger partial charge in [-0.2, -0.15) is 0 Å². The molecule has 0 amide bonds. The van der Waals surface area contributed by atoms with Gasteiger partial charge in [0.15, 0.2) is 0 Å². The van der Waals surface area contributed by atoms with Gasteiger partial charge in [0.2, 0.25) is 0 Å². The quantitative estimate of drug-likeness (QED) is 0.362. The highest BCUT2D eigenvalue weighted by atomic mass is 16.3. The monoisotopic (exact) mass is 212 g/mol. The zero-order chi connectivity index (χ0) is 11.5. The Hall–Kier alpha value is -0.630. The Balaban J connectivity index is 3.76. The van der Waals surface area contributed by atoms with Crippen molar-refractivity contribution < 1.29 is 9.90 Å². The second-order valence-electron chi connectivity index (χ2n) is 4.09. The highest BCUT2D eigenvalue weighted by Gasteiger charge is 2.10. The topological polar surface area (TPSA) is 37.3 Å². The first-order valence-corrected chi connectivity index (χ1v) is 6.04. The molecular weight excluding hydrogens is 188 g/mol. The molecule has 0 spiro atoms. The molecule has 0 aliphatic rings. The number of rotatable bonds is 9. The van der Waals surface area contributed by atoms with Gasteiger partial charge >= 0.3 is 0 Å². The minimum absolute atomic E-state index is 0.457. The van der Waals surface area contributed by atoms with Crippen LogP contribution in [0.5, 0.6) is 0 Å². The summed E-state index contributed by atoms with van der Waals surface area (Å²) in [6.45, 7) is 4.36. The smallest absolute Gasteiger partial charge is 0.142 e. The molecule has 0 saturated heterocycles. The maximum Gasteiger partial charge on any atom is 0.142 e. The van der Waals surface area contributed by atoms with Gasteiger partial charge in [-0.15, -0.1) is 0 Å². The van der Waals surface area contributed by atoms with Crippen molar-refractivity contribution in [3.8, 4) is 0 Å². The van der Waals surface area contributed by atoms with E-state index < -0.39 is 6.10 Å². The van der Waals surface area contributed by atoms with E-state index in [9.17, 15) is 9.90 Å². The fourth-order valence-electron chi connectivity index (χ4n) is 1.77. The fourth-order valence-corrected chi connectivity index (χ4v) is 1.77. The summed E-state index contributed by atoms with van der Waals surface area (Å²) in [4.78, 5) is 10.1. The van der Waals surface area contributed by atoms with Crippen LogP contribution in [0.1, 0.15) is 52.4 Å². The average Bonchev–Trinajstić information content (AvgIpc) is 2.25. The second-order valence-corrected chi connectivity index (χ2v) is 4.09. The van der Waals surface area contributed by atoms with Crippen molar-refractivity contribution in [2.75, 3.05) is 0 Å². The fraction of sp³-hybridized carbons (Fsp3) is 0.769. The second kappa shape index (κ2) is 9.91. The average molecular weight is 212 g/mol. The van der Waals surface area contributed by atoms with E-state index in [0.717, 1.165) is 12.8 Å². The van der Waals surface area contributed by atoms with E-state index in [1.54, 1.807) is 6.08 Å². The first-order valence-electron chi connectivity index (χ1n) is 6.04. The molecule has 88 valence electrons. The van der Waals surface area contributed by atoms with E-state index >= 15 is 0 Å². The van der Waals surface area contributed by atoms with E-state index in [1.807, 2.05) is 0 Å². The van der Waals surface area contributed by atoms with E-state index in [1.165, 1.54) is 31.8 Å². The van der Waals surface area contributed by atoms with Crippen molar-refractivity contribution in [3.63, 3.8) is 0 Å². The third kappa shape index (κ3) is 8.37. The largest absolute Gasteiger partial charge is 0.389 e. The maximum absolute atomic E-state index is 10.1. The molecule has 0 rings (SSSR count). The molecule has 2 heteroatoms. The summed E-state index contributed by atoms with van der Waals surface area (Å²) in [5, 5.41) is 9.59. The summed E-state index contributed by atoms with van der Waals surface area (Å²) < 4.78 is 0. The first kappa shape index (κ1) is 14.4. The zero-order valence-electron chi connectivity index (χ0n) is 9.98. The minimum atomic E-state index is -0.457. The molecule has 0 fully saturated rings. The number of aliphatic hydroxyl groups excluding tert-OH is 1. The van der Waals surface area contributed by atoms with Crippen LogP contribution in [0.2, 0.25) is 0 Å². The molecule has 15 heavy (non-hydrogen) atoms. The lowest BCUT2D eigenvalue weighted by Crippen LogP contribution is -2.10. The lowest BCUT2D eigenvalue weighted by atomic mass is 9.92. The third-order valence-corrected chi connectivity index (χ3v) is 2.78. The van der Waals surface area contributed by atoms with Gasteiger partial charge in [0.25, 0.3) is 0 Å². The number of aliphatic hydroxyl groups is 1. The van der Waals surface area contributed by atoms with Crippen molar-refractivity contribution in [3.05, 3.63) is 12.2 Å². The molecule has 0 radical (unpaired) electrons. The van der Waals surface area contributed by atoms with Gasteiger partial charge in [0.05, 0.1) is 6.10 Å².